The van der Waals surface area contributed by atoms with Crippen molar-refractivity contribution in [1.29, 1.82) is 0 Å². The van der Waals surface area contributed by atoms with E-state index in [1.165, 1.54) is 0 Å². The molecule has 0 nitrogen and oxygen atoms in total. The number of rotatable bonds is 1. The minimum atomic E-state index is -0.598. The van der Waals surface area contributed by atoms with Gasteiger partial charge in [-0.3, -0.25) is 0 Å². The average molecular weight is 556 g/mol. The van der Waals surface area contributed by atoms with Gasteiger partial charge in [0.15, 0.2) is 0 Å². The van der Waals surface area contributed by atoms with E-state index in [0.29, 0.717) is 0 Å². The fourth-order valence-electron chi connectivity index (χ4n) is 0.813. The van der Waals surface area contributed by atoms with Crippen LogP contribution in [0.2, 0.25) is 0 Å². The van der Waals surface area contributed by atoms with E-state index in [-0.39, 0.29) is 0 Å². The molecule has 0 radical (unpaired) electrons. The molecule has 78 valence electrons. The number of halogens is 7. The lowest BCUT2D eigenvalue weighted by Gasteiger charge is -2.13. The summed E-state index contributed by atoms with van der Waals surface area (Å²) < 4.78 is 4.29. The number of hydrogen-bond donors (Lipinski definition) is 0. The molecule has 1 rings (SSSR count). The van der Waals surface area contributed by atoms with Crippen molar-refractivity contribution >= 4 is 103 Å². The van der Waals surface area contributed by atoms with Gasteiger partial charge in [0, 0.05) is 27.9 Å². The van der Waals surface area contributed by atoms with Crippen molar-refractivity contribution in [2.75, 3.05) is 0 Å². The standard InChI is InChI=1S/C7HBr5Cl2/c8-2-1(7(13)14)3(9)5(11)6(12)4(2)10/h7H. The first-order chi connectivity index (χ1) is 6.37. The number of benzene rings is 1. The SMILES string of the molecule is ClC(Cl)c1c(Br)c(Br)c(Br)c(Br)c1Br. The fraction of sp³-hybridized carbons (Fsp3) is 0.143. The highest BCUT2D eigenvalue weighted by Gasteiger charge is 2.21. The summed E-state index contributed by atoms with van der Waals surface area (Å²) in [5.74, 6) is 0. The van der Waals surface area contributed by atoms with Crippen molar-refractivity contribution in [3.05, 3.63) is 27.9 Å². The monoisotopic (exact) mass is 550 g/mol. The van der Waals surface area contributed by atoms with Crippen molar-refractivity contribution in [2.24, 2.45) is 0 Å². The summed E-state index contributed by atoms with van der Waals surface area (Å²) in [7, 11) is 0. The van der Waals surface area contributed by atoms with Gasteiger partial charge in [-0.15, -0.1) is 0 Å². The largest absolute Gasteiger partial charge is 0.135 e. The zero-order valence-electron chi connectivity index (χ0n) is 6.22. The van der Waals surface area contributed by atoms with Crippen LogP contribution in [0.5, 0.6) is 0 Å². The molecule has 1 aromatic carbocycles. The van der Waals surface area contributed by atoms with Gasteiger partial charge in [-0.05, 0) is 79.6 Å². The van der Waals surface area contributed by atoms with Crippen LogP contribution < -0.4 is 0 Å². The lowest BCUT2D eigenvalue weighted by Crippen LogP contribution is -1.91. The molecular weight excluding hydrogens is 555 g/mol. The van der Waals surface area contributed by atoms with Crippen molar-refractivity contribution < 1.29 is 0 Å². The maximum Gasteiger partial charge on any atom is 0.135 e. The van der Waals surface area contributed by atoms with Gasteiger partial charge in [0.05, 0.1) is 0 Å². The smallest absolute Gasteiger partial charge is 0.1000 e. The van der Waals surface area contributed by atoms with Gasteiger partial charge in [-0.2, -0.15) is 0 Å². The molecule has 1 aromatic rings. The topological polar surface area (TPSA) is 0 Å². The molecule has 0 aliphatic heterocycles. The molecule has 0 amide bonds. The molecular formula is C7HBr5Cl2. The third kappa shape index (κ3) is 2.71. The first-order valence-electron chi connectivity index (χ1n) is 3.17. The molecule has 0 atom stereocenters. The van der Waals surface area contributed by atoms with Crippen LogP contribution >= 0.6 is 103 Å². The van der Waals surface area contributed by atoms with Gasteiger partial charge in [-0.25, -0.2) is 0 Å². The molecule has 7 heteroatoms. The summed E-state index contributed by atoms with van der Waals surface area (Å²) in [6, 6.07) is 0. The Morgan fingerprint density at radius 1 is 0.643 bits per heavy atom. The molecule has 0 saturated heterocycles. The summed E-state index contributed by atoms with van der Waals surface area (Å²) in [6.45, 7) is 0. The highest BCUT2D eigenvalue weighted by atomic mass is 79.9. The first kappa shape index (κ1) is 14.3. The Bertz CT molecular complexity index is 348. The Labute approximate surface area is 134 Å². The van der Waals surface area contributed by atoms with Crippen LogP contribution in [0.15, 0.2) is 22.4 Å². The highest BCUT2D eigenvalue weighted by Crippen LogP contribution is 2.48. The first-order valence-corrected chi connectivity index (χ1v) is 8.01. The van der Waals surface area contributed by atoms with Crippen LogP contribution in [0.1, 0.15) is 10.4 Å². The molecule has 0 spiro atoms. The molecule has 0 saturated carbocycles. The predicted octanol–water partition coefficient (Wildman–Crippen LogP) is 6.98. The van der Waals surface area contributed by atoms with Gasteiger partial charge in [0.1, 0.15) is 4.84 Å². The van der Waals surface area contributed by atoms with E-state index in [1.807, 2.05) is 0 Å². The number of alkyl halides is 2. The summed E-state index contributed by atoms with van der Waals surface area (Å²) in [6.07, 6.45) is 0. The van der Waals surface area contributed by atoms with E-state index in [2.05, 4.69) is 79.6 Å². The van der Waals surface area contributed by atoms with E-state index >= 15 is 0 Å². The van der Waals surface area contributed by atoms with Gasteiger partial charge < -0.3 is 0 Å². The normalized spacial score (nSPS) is 11.1. The molecule has 0 fully saturated rings. The minimum Gasteiger partial charge on any atom is -0.1000 e. The van der Waals surface area contributed by atoms with Crippen LogP contribution in [0, 0.1) is 0 Å². The Kier molecular flexibility index (Phi) is 5.80. The third-order valence-electron chi connectivity index (χ3n) is 1.46. The summed E-state index contributed by atoms with van der Waals surface area (Å²) in [4.78, 5) is -0.598. The summed E-state index contributed by atoms with van der Waals surface area (Å²) >= 11 is 28.8. The van der Waals surface area contributed by atoms with E-state index in [0.717, 1.165) is 27.9 Å². The van der Waals surface area contributed by atoms with Gasteiger partial charge in [0.25, 0.3) is 0 Å². The van der Waals surface area contributed by atoms with Crippen LogP contribution in [-0.4, -0.2) is 0 Å². The molecule has 0 aliphatic carbocycles. The Morgan fingerprint density at radius 3 is 1.21 bits per heavy atom. The lowest BCUT2D eigenvalue weighted by atomic mass is 10.2. The summed E-state index contributed by atoms with van der Waals surface area (Å²) in [5, 5.41) is 0. The maximum absolute atomic E-state index is 5.86. The second-order valence-corrected chi connectivity index (χ2v) is 7.35. The average Bonchev–Trinajstić information content (AvgIpc) is 2.11. The predicted molar refractivity (Wildman–Crippen MR) is 79.4 cm³/mol. The molecule has 0 heterocycles. The van der Waals surface area contributed by atoms with E-state index in [9.17, 15) is 0 Å². The van der Waals surface area contributed by atoms with Crippen LogP contribution in [0.25, 0.3) is 0 Å². The van der Waals surface area contributed by atoms with E-state index in [4.69, 9.17) is 23.2 Å². The van der Waals surface area contributed by atoms with Gasteiger partial charge in [0.2, 0.25) is 0 Å². The highest BCUT2D eigenvalue weighted by molar-refractivity contribution is 9.15. The van der Waals surface area contributed by atoms with Crippen LogP contribution in [-0.2, 0) is 0 Å². The Balaban J connectivity index is 3.60. The van der Waals surface area contributed by atoms with E-state index in [1.54, 1.807) is 0 Å². The fourth-order valence-corrected chi connectivity index (χ4v) is 5.31. The molecule has 0 aliphatic rings. The van der Waals surface area contributed by atoms with E-state index < -0.39 is 4.84 Å². The minimum absolute atomic E-state index is 0.598. The second kappa shape index (κ2) is 5.69. The van der Waals surface area contributed by atoms with Crippen molar-refractivity contribution in [2.45, 2.75) is 4.84 Å². The maximum atomic E-state index is 5.86. The van der Waals surface area contributed by atoms with Crippen molar-refractivity contribution in [1.82, 2.24) is 0 Å². The molecule has 0 N–H and O–H groups in total. The quantitative estimate of drug-likeness (QED) is 0.199. The van der Waals surface area contributed by atoms with Crippen LogP contribution in [0.4, 0.5) is 0 Å². The molecule has 14 heavy (non-hydrogen) atoms. The zero-order valence-corrected chi connectivity index (χ0v) is 15.7. The Hall–Kier alpha value is 2.20. The van der Waals surface area contributed by atoms with Crippen molar-refractivity contribution in [3.63, 3.8) is 0 Å². The molecule has 0 unspecified atom stereocenters. The van der Waals surface area contributed by atoms with Gasteiger partial charge >= 0.3 is 0 Å². The number of hydrogen-bond acceptors (Lipinski definition) is 0. The Morgan fingerprint density at radius 2 is 0.929 bits per heavy atom. The third-order valence-corrected chi connectivity index (χ3v) is 8.05. The van der Waals surface area contributed by atoms with Crippen molar-refractivity contribution in [3.8, 4) is 0 Å². The summed E-state index contributed by atoms with van der Waals surface area (Å²) in [5.41, 5.74) is 0.787. The lowest BCUT2D eigenvalue weighted by molar-refractivity contribution is 1.25. The molecule has 0 bridgehead atoms. The molecule has 0 aromatic heterocycles. The second-order valence-electron chi connectivity index (χ2n) is 2.28. The zero-order chi connectivity index (χ0) is 11.0. The van der Waals surface area contributed by atoms with Crippen LogP contribution in [0.3, 0.4) is 0 Å². The van der Waals surface area contributed by atoms with Gasteiger partial charge in [-0.1, -0.05) is 23.2 Å².